The summed E-state index contributed by atoms with van der Waals surface area (Å²) in [5, 5.41) is 12.5. The standard InChI is InChI=1S/C25H16BrClFN3O6S/c26-16-3-8-21(37-13-14-1-5-18(6-2-14)31(35)36)15(9-16)10-22-24(33)30(25(34)38-22)12-23(32)29-17-4-7-20(28)19(27)11-17/h1-11H,12-13H2,(H,29,32)/b22-10-. The first kappa shape index (κ1) is 27.3. The van der Waals surface area contributed by atoms with E-state index in [0.29, 0.717) is 33.1 Å². The predicted molar refractivity (Wildman–Crippen MR) is 144 cm³/mol. The third-order valence-electron chi connectivity index (χ3n) is 5.18. The van der Waals surface area contributed by atoms with Crippen LogP contribution in [0.5, 0.6) is 5.75 Å². The number of nitrogens with zero attached hydrogens (tertiary/aromatic N) is 2. The molecule has 13 heteroatoms. The van der Waals surface area contributed by atoms with Gasteiger partial charge in [0.2, 0.25) is 5.91 Å². The quantitative estimate of drug-likeness (QED) is 0.176. The van der Waals surface area contributed by atoms with E-state index in [0.717, 1.165) is 11.0 Å². The number of hydrogen-bond acceptors (Lipinski definition) is 7. The second-order valence-corrected chi connectivity index (χ2v) is 10.2. The number of anilines is 1. The number of imide groups is 1. The van der Waals surface area contributed by atoms with Crippen molar-refractivity contribution in [2.75, 3.05) is 11.9 Å². The van der Waals surface area contributed by atoms with Gasteiger partial charge in [0.25, 0.3) is 16.8 Å². The molecule has 0 aromatic heterocycles. The lowest BCUT2D eigenvalue weighted by Gasteiger charge is -2.13. The topological polar surface area (TPSA) is 119 Å². The summed E-state index contributed by atoms with van der Waals surface area (Å²) in [6, 6.07) is 14.6. The molecule has 1 saturated heterocycles. The Hall–Kier alpha value is -3.74. The van der Waals surface area contributed by atoms with Gasteiger partial charge in [-0.15, -0.1) is 0 Å². The largest absolute Gasteiger partial charge is 0.488 e. The van der Waals surface area contributed by atoms with Crippen molar-refractivity contribution in [1.29, 1.82) is 0 Å². The van der Waals surface area contributed by atoms with E-state index in [2.05, 4.69) is 21.2 Å². The lowest BCUT2D eigenvalue weighted by molar-refractivity contribution is -0.384. The van der Waals surface area contributed by atoms with Gasteiger partial charge < -0.3 is 10.1 Å². The molecular formula is C25H16BrClFN3O6S. The maximum Gasteiger partial charge on any atom is 0.294 e. The highest BCUT2D eigenvalue weighted by atomic mass is 79.9. The summed E-state index contributed by atoms with van der Waals surface area (Å²) < 4.78 is 19.9. The van der Waals surface area contributed by atoms with Crippen molar-refractivity contribution in [3.05, 3.63) is 102 Å². The normalized spacial score (nSPS) is 14.2. The molecule has 3 aromatic rings. The Kier molecular flexibility index (Phi) is 8.45. The van der Waals surface area contributed by atoms with Crippen LogP contribution in [0.4, 0.5) is 20.6 Å². The van der Waals surface area contributed by atoms with Crippen LogP contribution >= 0.6 is 39.3 Å². The Balaban J connectivity index is 1.46. The molecule has 4 rings (SSSR count). The zero-order valence-corrected chi connectivity index (χ0v) is 22.3. The molecule has 0 radical (unpaired) electrons. The van der Waals surface area contributed by atoms with Crippen LogP contribution in [-0.2, 0) is 16.2 Å². The van der Waals surface area contributed by atoms with Crippen LogP contribution in [0.3, 0.4) is 0 Å². The zero-order chi connectivity index (χ0) is 27.4. The number of carbonyl (C=O) groups excluding carboxylic acids is 3. The molecule has 1 heterocycles. The van der Waals surface area contributed by atoms with Crippen molar-refractivity contribution in [3.8, 4) is 5.75 Å². The number of benzene rings is 3. The number of rotatable bonds is 8. The van der Waals surface area contributed by atoms with Crippen LogP contribution in [-0.4, -0.2) is 33.4 Å². The van der Waals surface area contributed by atoms with E-state index in [1.807, 2.05) is 0 Å². The summed E-state index contributed by atoms with van der Waals surface area (Å²) in [7, 11) is 0. The SMILES string of the molecule is O=C(CN1C(=O)S/C(=C\c2cc(Br)ccc2OCc2ccc([N+](=O)[O-])cc2)C1=O)Nc1ccc(F)c(Cl)c1. The lowest BCUT2D eigenvalue weighted by Crippen LogP contribution is -2.36. The molecule has 3 aromatic carbocycles. The van der Waals surface area contributed by atoms with Gasteiger partial charge in [-0.05, 0) is 71.9 Å². The first-order chi connectivity index (χ1) is 18.1. The number of non-ortho nitro benzene ring substituents is 1. The molecule has 1 N–H and O–H groups in total. The maximum absolute atomic E-state index is 13.3. The molecule has 9 nitrogen and oxygen atoms in total. The highest BCUT2D eigenvalue weighted by Gasteiger charge is 2.36. The van der Waals surface area contributed by atoms with Crippen LogP contribution in [0.15, 0.2) is 70.0 Å². The summed E-state index contributed by atoms with van der Waals surface area (Å²) >= 11 is 9.76. The minimum atomic E-state index is -0.661. The number of amides is 3. The molecule has 194 valence electrons. The third-order valence-corrected chi connectivity index (χ3v) is 6.87. The van der Waals surface area contributed by atoms with E-state index in [9.17, 15) is 28.9 Å². The summed E-state index contributed by atoms with van der Waals surface area (Å²) in [5.41, 5.74) is 1.37. The summed E-state index contributed by atoms with van der Waals surface area (Å²) in [6.07, 6.45) is 1.48. The molecule has 1 fully saturated rings. The van der Waals surface area contributed by atoms with E-state index in [-0.39, 0.29) is 27.9 Å². The highest BCUT2D eigenvalue weighted by molar-refractivity contribution is 9.10. The molecule has 1 aliphatic rings. The van der Waals surface area contributed by atoms with Gasteiger partial charge in [0.15, 0.2) is 0 Å². The Morgan fingerprint density at radius 1 is 1.16 bits per heavy atom. The minimum absolute atomic E-state index is 0.0380. The fourth-order valence-corrected chi connectivity index (χ4v) is 4.72. The molecule has 1 aliphatic heterocycles. The van der Waals surface area contributed by atoms with Crippen LogP contribution in [0.2, 0.25) is 5.02 Å². The van der Waals surface area contributed by atoms with Crippen molar-refractivity contribution in [1.82, 2.24) is 4.90 Å². The second-order valence-electron chi connectivity index (χ2n) is 7.84. The number of nitro benzene ring substituents is 1. The Labute approximate surface area is 232 Å². The molecule has 0 atom stereocenters. The molecule has 3 amide bonds. The average Bonchev–Trinajstić information content (AvgIpc) is 3.13. The van der Waals surface area contributed by atoms with Crippen molar-refractivity contribution >= 4 is 73.8 Å². The molecule has 0 unspecified atom stereocenters. The summed E-state index contributed by atoms with van der Waals surface area (Å²) in [5.74, 6) is -1.56. The Morgan fingerprint density at radius 2 is 1.89 bits per heavy atom. The van der Waals surface area contributed by atoms with E-state index in [1.54, 1.807) is 30.3 Å². The minimum Gasteiger partial charge on any atom is -0.488 e. The van der Waals surface area contributed by atoms with Gasteiger partial charge in [-0.25, -0.2) is 4.39 Å². The number of hydrogen-bond donors (Lipinski definition) is 1. The number of halogens is 3. The van der Waals surface area contributed by atoms with Gasteiger partial charge in [-0.3, -0.25) is 29.4 Å². The second kappa shape index (κ2) is 11.8. The maximum atomic E-state index is 13.3. The smallest absolute Gasteiger partial charge is 0.294 e. The first-order valence-electron chi connectivity index (χ1n) is 10.8. The number of carbonyl (C=O) groups is 3. The van der Waals surface area contributed by atoms with E-state index in [4.69, 9.17) is 16.3 Å². The fraction of sp³-hybridized carbons (Fsp3) is 0.0800. The Bertz CT molecular complexity index is 1480. The van der Waals surface area contributed by atoms with Crippen LogP contribution < -0.4 is 10.1 Å². The van der Waals surface area contributed by atoms with Gasteiger partial charge in [0.05, 0.1) is 14.9 Å². The van der Waals surface area contributed by atoms with Crippen molar-refractivity contribution in [2.24, 2.45) is 0 Å². The highest BCUT2D eigenvalue weighted by Crippen LogP contribution is 2.35. The van der Waals surface area contributed by atoms with Crippen LogP contribution in [0, 0.1) is 15.9 Å². The fourth-order valence-electron chi connectivity index (χ4n) is 3.33. The van der Waals surface area contributed by atoms with Crippen molar-refractivity contribution in [3.63, 3.8) is 0 Å². The molecule has 0 aliphatic carbocycles. The van der Waals surface area contributed by atoms with Crippen LogP contribution in [0.25, 0.3) is 6.08 Å². The molecule has 38 heavy (non-hydrogen) atoms. The zero-order valence-electron chi connectivity index (χ0n) is 19.2. The van der Waals surface area contributed by atoms with E-state index >= 15 is 0 Å². The van der Waals surface area contributed by atoms with Crippen molar-refractivity contribution in [2.45, 2.75) is 6.61 Å². The van der Waals surface area contributed by atoms with Gasteiger partial charge in [0, 0.05) is 27.9 Å². The lowest BCUT2D eigenvalue weighted by atomic mass is 10.1. The number of thioether (sulfide) groups is 1. The monoisotopic (exact) mass is 619 g/mol. The summed E-state index contributed by atoms with van der Waals surface area (Å²) in [4.78, 5) is 49.1. The number of nitrogens with one attached hydrogen (secondary N) is 1. The molecule has 0 saturated carbocycles. The van der Waals surface area contributed by atoms with Gasteiger partial charge in [0.1, 0.15) is 24.7 Å². The van der Waals surface area contributed by atoms with Gasteiger partial charge in [-0.1, -0.05) is 27.5 Å². The molecular weight excluding hydrogens is 605 g/mol. The van der Waals surface area contributed by atoms with E-state index < -0.39 is 34.3 Å². The number of nitro groups is 1. The predicted octanol–water partition coefficient (Wildman–Crippen LogP) is 6.40. The Morgan fingerprint density at radius 3 is 2.58 bits per heavy atom. The van der Waals surface area contributed by atoms with Crippen molar-refractivity contribution < 1.29 is 28.4 Å². The first-order valence-corrected chi connectivity index (χ1v) is 12.8. The number of ether oxygens (including phenoxy) is 1. The van der Waals surface area contributed by atoms with Gasteiger partial charge >= 0.3 is 0 Å². The molecule has 0 bridgehead atoms. The third kappa shape index (κ3) is 6.57. The van der Waals surface area contributed by atoms with Gasteiger partial charge in [-0.2, -0.15) is 0 Å². The average molecular weight is 621 g/mol. The summed E-state index contributed by atoms with van der Waals surface area (Å²) in [6.45, 7) is -0.436. The van der Waals surface area contributed by atoms with Crippen LogP contribution in [0.1, 0.15) is 11.1 Å². The van der Waals surface area contributed by atoms with E-state index in [1.165, 1.54) is 30.3 Å². The molecule has 0 spiro atoms.